The summed E-state index contributed by atoms with van der Waals surface area (Å²) < 4.78 is 0. The van der Waals surface area contributed by atoms with Gasteiger partial charge < -0.3 is 0 Å². The smallest absolute Gasteiger partial charge is 0.0709 e. The van der Waals surface area contributed by atoms with E-state index in [1.54, 1.807) is 0 Å². The van der Waals surface area contributed by atoms with Crippen molar-refractivity contribution in [2.75, 3.05) is 0 Å². The molecule has 0 amide bonds. The molecule has 0 atom stereocenters. The molecule has 2 aromatic carbocycles. The molecular formula is C21H29N. The van der Waals surface area contributed by atoms with Gasteiger partial charge in [0.2, 0.25) is 0 Å². The van der Waals surface area contributed by atoms with Gasteiger partial charge in [0.05, 0.1) is 11.0 Å². The van der Waals surface area contributed by atoms with E-state index in [9.17, 15) is 0 Å². The molecule has 0 aliphatic heterocycles. The number of aromatic nitrogens is 1. The predicted molar refractivity (Wildman–Crippen MR) is 100 cm³/mol. The van der Waals surface area contributed by atoms with E-state index >= 15 is 0 Å². The quantitative estimate of drug-likeness (QED) is 0.420. The molecule has 0 unspecified atom stereocenters. The second kappa shape index (κ2) is 9.19. The van der Waals surface area contributed by atoms with Crippen LogP contribution in [0.25, 0.3) is 21.8 Å². The average Bonchev–Trinajstić information content (AvgIpc) is 2.44. The maximum Gasteiger partial charge on any atom is 0.0709 e. The first kappa shape index (κ1) is 18.2. The van der Waals surface area contributed by atoms with Crippen LogP contribution in [0.3, 0.4) is 0 Å². The first-order valence-electron chi connectivity index (χ1n) is 8.14. The number of pyridine rings is 1. The Morgan fingerprint density at radius 3 is 1.27 bits per heavy atom. The lowest BCUT2D eigenvalue weighted by molar-refractivity contribution is 0.736. The second-order valence-corrected chi connectivity index (χ2v) is 6.84. The highest BCUT2D eigenvalue weighted by molar-refractivity contribution is 5.92. The summed E-state index contributed by atoms with van der Waals surface area (Å²) in [5, 5.41) is 2.40. The molecule has 1 heterocycles. The van der Waals surface area contributed by atoms with Crippen LogP contribution in [0.2, 0.25) is 0 Å². The lowest BCUT2D eigenvalue weighted by atomic mass is 10.1. The van der Waals surface area contributed by atoms with Crippen molar-refractivity contribution in [1.82, 2.24) is 4.98 Å². The van der Waals surface area contributed by atoms with Crippen molar-refractivity contribution in [3.8, 4) is 0 Å². The van der Waals surface area contributed by atoms with Crippen LogP contribution in [-0.2, 0) is 0 Å². The molecule has 3 rings (SSSR count). The SMILES string of the molecule is CC(C)C.CC(C)C.c1ccc2nc3ccccc3cc2c1. The molecule has 0 saturated carbocycles. The van der Waals surface area contributed by atoms with E-state index in [0.717, 1.165) is 22.9 Å². The zero-order chi connectivity index (χ0) is 16.5. The van der Waals surface area contributed by atoms with E-state index in [1.165, 1.54) is 10.8 Å². The van der Waals surface area contributed by atoms with Gasteiger partial charge >= 0.3 is 0 Å². The van der Waals surface area contributed by atoms with Gasteiger partial charge in [-0.05, 0) is 30.0 Å². The summed E-state index contributed by atoms with van der Waals surface area (Å²) in [6, 6.07) is 18.6. The maximum atomic E-state index is 4.58. The molecule has 0 bridgehead atoms. The monoisotopic (exact) mass is 295 g/mol. The lowest BCUT2D eigenvalue weighted by Gasteiger charge is -1.99. The van der Waals surface area contributed by atoms with E-state index in [4.69, 9.17) is 0 Å². The minimum Gasteiger partial charge on any atom is -0.248 e. The van der Waals surface area contributed by atoms with Crippen molar-refractivity contribution in [2.45, 2.75) is 41.5 Å². The number of hydrogen-bond donors (Lipinski definition) is 0. The highest BCUT2D eigenvalue weighted by Crippen LogP contribution is 2.18. The maximum absolute atomic E-state index is 4.58. The van der Waals surface area contributed by atoms with Gasteiger partial charge in [-0.2, -0.15) is 0 Å². The standard InChI is InChI=1S/C13H9N.2C4H10/c1-3-7-12-10(5-1)9-11-6-2-4-8-13(11)14-12;2*1-4(2)3/h1-9H;2*4H,1-3H3. The Morgan fingerprint density at radius 1 is 0.591 bits per heavy atom. The van der Waals surface area contributed by atoms with E-state index < -0.39 is 0 Å². The Labute approximate surface area is 135 Å². The molecule has 0 N–H and O–H groups in total. The Morgan fingerprint density at radius 2 is 0.909 bits per heavy atom. The van der Waals surface area contributed by atoms with Crippen LogP contribution in [0.1, 0.15) is 41.5 Å². The van der Waals surface area contributed by atoms with Crippen LogP contribution in [0.15, 0.2) is 54.6 Å². The molecule has 1 heteroatoms. The van der Waals surface area contributed by atoms with Crippen molar-refractivity contribution >= 4 is 21.8 Å². The van der Waals surface area contributed by atoms with Crippen LogP contribution in [0.4, 0.5) is 0 Å². The summed E-state index contributed by atoms with van der Waals surface area (Å²) in [6.45, 7) is 13.0. The molecule has 1 aromatic heterocycles. The van der Waals surface area contributed by atoms with Gasteiger partial charge in [-0.3, -0.25) is 0 Å². The first-order chi connectivity index (χ1) is 10.4. The molecule has 0 aliphatic rings. The fourth-order valence-corrected chi connectivity index (χ4v) is 1.72. The molecule has 3 aromatic rings. The summed E-state index contributed by atoms with van der Waals surface area (Å²) in [6.07, 6.45) is 0. The van der Waals surface area contributed by atoms with Crippen molar-refractivity contribution in [2.24, 2.45) is 11.8 Å². The zero-order valence-electron chi connectivity index (χ0n) is 14.8. The Balaban J connectivity index is 0.000000257. The summed E-state index contributed by atoms with van der Waals surface area (Å²) in [5.74, 6) is 1.67. The van der Waals surface area contributed by atoms with E-state index in [-0.39, 0.29) is 0 Å². The summed E-state index contributed by atoms with van der Waals surface area (Å²) in [4.78, 5) is 4.58. The summed E-state index contributed by atoms with van der Waals surface area (Å²) in [7, 11) is 0. The third-order valence-corrected chi connectivity index (χ3v) is 2.43. The largest absolute Gasteiger partial charge is 0.248 e. The molecule has 1 nitrogen and oxygen atoms in total. The number of rotatable bonds is 0. The number of para-hydroxylation sites is 2. The minimum atomic E-state index is 0.833. The fraction of sp³-hybridized carbons (Fsp3) is 0.381. The average molecular weight is 295 g/mol. The van der Waals surface area contributed by atoms with E-state index in [0.29, 0.717) is 0 Å². The molecular weight excluding hydrogens is 266 g/mol. The normalized spacial score (nSPS) is 10.2. The van der Waals surface area contributed by atoms with Crippen molar-refractivity contribution in [1.29, 1.82) is 0 Å². The van der Waals surface area contributed by atoms with Gasteiger partial charge in [-0.1, -0.05) is 77.9 Å². The zero-order valence-corrected chi connectivity index (χ0v) is 14.8. The molecule has 118 valence electrons. The molecule has 22 heavy (non-hydrogen) atoms. The number of fused-ring (bicyclic) bond motifs is 2. The van der Waals surface area contributed by atoms with Crippen LogP contribution in [0, 0.1) is 11.8 Å². The lowest BCUT2D eigenvalue weighted by Crippen LogP contribution is -1.80. The van der Waals surface area contributed by atoms with Crippen molar-refractivity contribution in [3.63, 3.8) is 0 Å². The minimum absolute atomic E-state index is 0.833. The van der Waals surface area contributed by atoms with Crippen LogP contribution < -0.4 is 0 Å². The molecule has 0 aliphatic carbocycles. The van der Waals surface area contributed by atoms with Crippen LogP contribution in [-0.4, -0.2) is 4.98 Å². The van der Waals surface area contributed by atoms with E-state index in [2.05, 4.69) is 64.7 Å². The Bertz CT molecular complexity index is 567. The predicted octanol–water partition coefficient (Wildman–Crippen LogP) is 6.71. The van der Waals surface area contributed by atoms with Gasteiger partial charge in [0.15, 0.2) is 0 Å². The molecule has 0 radical (unpaired) electrons. The summed E-state index contributed by atoms with van der Waals surface area (Å²) in [5.41, 5.74) is 2.12. The molecule has 0 saturated heterocycles. The fourth-order valence-electron chi connectivity index (χ4n) is 1.72. The third kappa shape index (κ3) is 6.71. The summed E-state index contributed by atoms with van der Waals surface area (Å²) >= 11 is 0. The third-order valence-electron chi connectivity index (χ3n) is 2.43. The van der Waals surface area contributed by atoms with Gasteiger partial charge in [0, 0.05) is 10.8 Å². The first-order valence-corrected chi connectivity index (χ1v) is 8.14. The van der Waals surface area contributed by atoms with Crippen molar-refractivity contribution < 1.29 is 0 Å². The van der Waals surface area contributed by atoms with Crippen LogP contribution in [0.5, 0.6) is 0 Å². The van der Waals surface area contributed by atoms with Gasteiger partial charge in [0.1, 0.15) is 0 Å². The molecule has 0 spiro atoms. The number of hydrogen-bond acceptors (Lipinski definition) is 1. The topological polar surface area (TPSA) is 12.9 Å². The van der Waals surface area contributed by atoms with Gasteiger partial charge in [0.25, 0.3) is 0 Å². The van der Waals surface area contributed by atoms with Crippen LogP contribution >= 0.6 is 0 Å². The highest BCUT2D eigenvalue weighted by atomic mass is 14.7. The van der Waals surface area contributed by atoms with Gasteiger partial charge in [-0.25, -0.2) is 4.98 Å². The second-order valence-electron chi connectivity index (χ2n) is 6.84. The number of benzene rings is 2. The van der Waals surface area contributed by atoms with E-state index in [1.807, 2.05) is 36.4 Å². The Hall–Kier alpha value is -1.89. The Kier molecular flexibility index (Phi) is 7.59. The number of nitrogens with zero attached hydrogens (tertiary/aromatic N) is 1. The van der Waals surface area contributed by atoms with Gasteiger partial charge in [-0.15, -0.1) is 0 Å². The molecule has 0 fully saturated rings. The van der Waals surface area contributed by atoms with Crippen molar-refractivity contribution in [3.05, 3.63) is 54.6 Å². The highest BCUT2D eigenvalue weighted by Gasteiger charge is 1.96.